The Bertz CT molecular complexity index is 675. The number of carbonyl (C=O) groups excluding carboxylic acids is 1. The van der Waals surface area contributed by atoms with E-state index in [2.05, 4.69) is 47.2 Å². The van der Waals surface area contributed by atoms with Crippen LogP contribution in [0.15, 0.2) is 29.3 Å². The van der Waals surface area contributed by atoms with Gasteiger partial charge in [0.2, 0.25) is 0 Å². The molecule has 3 rings (SSSR count). The van der Waals surface area contributed by atoms with Gasteiger partial charge < -0.3 is 20.4 Å². The van der Waals surface area contributed by atoms with Gasteiger partial charge in [0.1, 0.15) is 0 Å². The van der Waals surface area contributed by atoms with Crippen LogP contribution in [0, 0.1) is 0 Å². The number of carbonyl (C=O) groups is 1. The first kappa shape index (κ1) is 20.8. The summed E-state index contributed by atoms with van der Waals surface area (Å²) in [5, 5.41) is 7.15. The smallest absolute Gasteiger partial charge is 0.321 e. The average molecular weight is 404 g/mol. The molecular weight excluding hydrogens is 370 g/mol. The number of hydrogen-bond donors (Lipinski definition) is 2. The lowest BCUT2D eigenvalue weighted by atomic mass is 10.2. The van der Waals surface area contributed by atoms with Crippen LogP contribution in [0.3, 0.4) is 0 Å². The zero-order chi connectivity index (χ0) is 19.8. The van der Waals surface area contributed by atoms with E-state index >= 15 is 0 Å². The Kier molecular flexibility index (Phi) is 7.89. The number of hydrogen-bond acceptors (Lipinski definition) is 3. The van der Waals surface area contributed by atoms with Crippen LogP contribution in [0.4, 0.5) is 10.5 Å². The number of benzene rings is 1. The molecule has 2 aliphatic rings. The van der Waals surface area contributed by atoms with Gasteiger partial charge in [-0.1, -0.05) is 19.1 Å². The highest BCUT2D eigenvalue weighted by Crippen LogP contribution is 2.21. The van der Waals surface area contributed by atoms with Gasteiger partial charge in [-0.05, 0) is 43.9 Å². The standard InChI is InChI=1S/C21H33N5OS/c1-3-19-16-26(12-13-28-19)20(22-4-2)23-15-17-8-7-9-18(14-17)24-21(27)25-10-5-6-11-25/h7-9,14,19H,3-6,10-13,15-16H2,1-2H3,(H,22,23)(H,24,27). The summed E-state index contributed by atoms with van der Waals surface area (Å²) >= 11 is 2.07. The summed E-state index contributed by atoms with van der Waals surface area (Å²) in [4.78, 5) is 21.4. The molecule has 0 spiro atoms. The third-order valence-corrected chi connectivity index (χ3v) is 6.58. The number of guanidine groups is 1. The van der Waals surface area contributed by atoms with Gasteiger partial charge in [-0.25, -0.2) is 9.79 Å². The molecule has 0 radical (unpaired) electrons. The van der Waals surface area contributed by atoms with Crippen molar-refractivity contribution in [3.63, 3.8) is 0 Å². The van der Waals surface area contributed by atoms with Gasteiger partial charge in [0.05, 0.1) is 6.54 Å². The van der Waals surface area contributed by atoms with Crippen LogP contribution in [-0.2, 0) is 6.54 Å². The van der Waals surface area contributed by atoms with E-state index in [0.717, 1.165) is 68.5 Å². The van der Waals surface area contributed by atoms with Crippen LogP contribution >= 0.6 is 11.8 Å². The molecule has 1 aromatic rings. The maximum Gasteiger partial charge on any atom is 0.321 e. The summed E-state index contributed by atoms with van der Waals surface area (Å²) in [6, 6.07) is 8.03. The Morgan fingerprint density at radius 3 is 2.79 bits per heavy atom. The number of nitrogens with one attached hydrogen (secondary N) is 2. The lowest BCUT2D eigenvalue weighted by molar-refractivity contribution is 0.222. The van der Waals surface area contributed by atoms with Crippen LogP contribution in [0.5, 0.6) is 0 Å². The topological polar surface area (TPSA) is 60.0 Å². The summed E-state index contributed by atoms with van der Waals surface area (Å²) in [7, 11) is 0. The zero-order valence-corrected chi connectivity index (χ0v) is 17.9. The van der Waals surface area contributed by atoms with Crippen molar-refractivity contribution in [1.29, 1.82) is 0 Å². The second kappa shape index (κ2) is 10.6. The molecule has 0 saturated carbocycles. The fraction of sp³-hybridized carbons (Fsp3) is 0.619. The molecule has 7 heteroatoms. The van der Waals surface area contributed by atoms with Crippen molar-refractivity contribution in [2.75, 3.05) is 43.8 Å². The molecule has 1 unspecified atom stereocenters. The molecule has 0 bridgehead atoms. The summed E-state index contributed by atoms with van der Waals surface area (Å²) in [6.45, 7) is 9.65. The molecule has 1 aromatic carbocycles. The first-order valence-electron chi connectivity index (χ1n) is 10.5. The van der Waals surface area contributed by atoms with Crippen molar-refractivity contribution < 1.29 is 4.79 Å². The quantitative estimate of drug-likeness (QED) is 0.582. The number of urea groups is 1. The predicted molar refractivity (Wildman–Crippen MR) is 119 cm³/mol. The fourth-order valence-corrected chi connectivity index (χ4v) is 4.80. The normalized spacial score (nSPS) is 20.4. The molecule has 0 aliphatic carbocycles. The van der Waals surface area contributed by atoms with Crippen LogP contribution in [0.2, 0.25) is 0 Å². The largest absolute Gasteiger partial charge is 0.357 e. The van der Waals surface area contributed by atoms with Crippen molar-refractivity contribution in [1.82, 2.24) is 15.1 Å². The molecule has 1 atom stereocenters. The van der Waals surface area contributed by atoms with Gasteiger partial charge in [-0.2, -0.15) is 11.8 Å². The Balaban J connectivity index is 1.63. The molecule has 2 saturated heterocycles. The molecule has 2 heterocycles. The fourth-order valence-electron chi connectivity index (χ4n) is 3.62. The molecule has 154 valence electrons. The lowest BCUT2D eigenvalue weighted by Crippen LogP contribution is -2.48. The minimum absolute atomic E-state index is 0.00270. The first-order chi connectivity index (χ1) is 13.7. The summed E-state index contributed by atoms with van der Waals surface area (Å²) in [5.74, 6) is 2.15. The molecule has 2 aliphatic heterocycles. The number of nitrogens with zero attached hydrogens (tertiary/aromatic N) is 3. The number of anilines is 1. The van der Waals surface area contributed by atoms with Crippen molar-refractivity contribution in [3.8, 4) is 0 Å². The third-order valence-electron chi connectivity index (χ3n) is 5.21. The second-order valence-corrected chi connectivity index (χ2v) is 8.75. The highest BCUT2D eigenvalue weighted by Gasteiger charge is 2.21. The maximum absolute atomic E-state index is 12.3. The van der Waals surface area contributed by atoms with E-state index in [1.807, 2.05) is 23.1 Å². The van der Waals surface area contributed by atoms with Crippen LogP contribution in [0.1, 0.15) is 38.7 Å². The van der Waals surface area contributed by atoms with E-state index < -0.39 is 0 Å². The van der Waals surface area contributed by atoms with E-state index in [4.69, 9.17) is 4.99 Å². The van der Waals surface area contributed by atoms with E-state index in [9.17, 15) is 4.79 Å². The molecule has 2 amide bonds. The molecule has 2 fully saturated rings. The third kappa shape index (κ3) is 5.80. The van der Waals surface area contributed by atoms with Crippen LogP contribution < -0.4 is 10.6 Å². The second-order valence-electron chi connectivity index (χ2n) is 7.34. The first-order valence-corrected chi connectivity index (χ1v) is 11.5. The maximum atomic E-state index is 12.3. The Morgan fingerprint density at radius 2 is 2.04 bits per heavy atom. The minimum atomic E-state index is 0.00270. The average Bonchev–Trinajstić information content (AvgIpc) is 3.26. The number of likely N-dealkylation sites (tertiary alicyclic amines) is 1. The van der Waals surface area contributed by atoms with Gasteiger partial charge in [-0.15, -0.1) is 0 Å². The Morgan fingerprint density at radius 1 is 1.21 bits per heavy atom. The molecule has 6 nitrogen and oxygen atoms in total. The summed E-state index contributed by atoms with van der Waals surface area (Å²) < 4.78 is 0. The molecule has 2 N–H and O–H groups in total. The molecular formula is C21H33N5OS. The van der Waals surface area contributed by atoms with Crippen molar-refractivity contribution in [3.05, 3.63) is 29.8 Å². The van der Waals surface area contributed by atoms with Crippen molar-refractivity contribution >= 4 is 29.4 Å². The van der Waals surface area contributed by atoms with Gasteiger partial charge in [0.15, 0.2) is 5.96 Å². The van der Waals surface area contributed by atoms with E-state index in [1.54, 1.807) is 0 Å². The van der Waals surface area contributed by atoms with Gasteiger partial charge >= 0.3 is 6.03 Å². The van der Waals surface area contributed by atoms with Crippen molar-refractivity contribution in [2.45, 2.75) is 44.9 Å². The van der Waals surface area contributed by atoms with E-state index in [0.29, 0.717) is 11.8 Å². The number of amides is 2. The number of aliphatic imine (C=N–C) groups is 1. The van der Waals surface area contributed by atoms with Crippen LogP contribution in [0.25, 0.3) is 0 Å². The highest BCUT2D eigenvalue weighted by atomic mass is 32.2. The number of rotatable bonds is 5. The summed E-state index contributed by atoms with van der Waals surface area (Å²) in [6.07, 6.45) is 3.39. The Labute approximate surface area is 173 Å². The van der Waals surface area contributed by atoms with Gasteiger partial charge in [0, 0.05) is 49.4 Å². The predicted octanol–water partition coefficient (Wildman–Crippen LogP) is 3.61. The number of thioether (sulfide) groups is 1. The minimum Gasteiger partial charge on any atom is -0.357 e. The van der Waals surface area contributed by atoms with E-state index in [1.165, 1.54) is 6.42 Å². The SMILES string of the molecule is CCNC(=NCc1cccc(NC(=O)N2CCCC2)c1)N1CCSC(CC)C1. The van der Waals surface area contributed by atoms with Gasteiger partial charge in [-0.3, -0.25) is 0 Å². The lowest BCUT2D eigenvalue weighted by Gasteiger charge is -2.34. The van der Waals surface area contributed by atoms with Crippen LogP contribution in [-0.4, -0.2) is 65.5 Å². The molecule has 28 heavy (non-hydrogen) atoms. The van der Waals surface area contributed by atoms with E-state index in [-0.39, 0.29) is 6.03 Å². The monoisotopic (exact) mass is 403 g/mol. The zero-order valence-electron chi connectivity index (χ0n) is 17.1. The highest BCUT2D eigenvalue weighted by molar-refractivity contribution is 8.00. The van der Waals surface area contributed by atoms with Crippen molar-refractivity contribution in [2.24, 2.45) is 4.99 Å². The molecule has 0 aromatic heterocycles. The summed E-state index contributed by atoms with van der Waals surface area (Å²) in [5.41, 5.74) is 1.95. The van der Waals surface area contributed by atoms with Gasteiger partial charge in [0.25, 0.3) is 0 Å². The Hall–Kier alpha value is -1.89.